The summed E-state index contributed by atoms with van der Waals surface area (Å²) >= 11 is 4.97. The lowest BCUT2D eigenvalue weighted by Gasteiger charge is -2.10. The SMILES string of the molecule is O=C(CCn1ccc([N+](=O)[O-])n1)NNC(=S)NC1CC1. The number of hydrogen-bond donors (Lipinski definition) is 3. The minimum atomic E-state index is -0.583. The average molecular weight is 298 g/mol. The molecule has 1 fully saturated rings. The zero-order valence-corrected chi connectivity index (χ0v) is 11.4. The first-order valence-corrected chi connectivity index (χ1v) is 6.48. The van der Waals surface area contributed by atoms with Crippen LogP contribution in [0.2, 0.25) is 0 Å². The van der Waals surface area contributed by atoms with E-state index in [2.05, 4.69) is 21.3 Å². The second-order valence-corrected chi connectivity index (χ2v) is 4.77. The third-order valence-corrected chi connectivity index (χ3v) is 2.83. The zero-order valence-electron chi connectivity index (χ0n) is 10.5. The molecule has 0 aliphatic heterocycles. The van der Waals surface area contributed by atoms with Crippen LogP contribution < -0.4 is 16.2 Å². The molecule has 1 amide bonds. The molecule has 0 spiro atoms. The van der Waals surface area contributed by atoms with Gasteiger partial charge in [0.15, 0.2) is 5.11 Å². The molecule has 1 heterocycles. The fourth-order valence-electron chi connectivity index (χ4n) is 1.43. The molecule has 1 aliphatic rings. The molecule has 20 heavy (non-hydrogen) atoms. The maximum absolute atomic E-state index is 11.5. The Hall–Kier alpha value is -2.23. The van der Waals surface area contributed by atoms with E-state index >= 15 is 0 Å². The van der Waals surface area contributed by atoms with Crippen LogP contribution in [0.4, 0.5) is 5.82 Å². The largest absolute Gasteiger partial charge is 0.389 e. The Labute approximate surface area is 119 Å². The number of hydrazine groups is 1. The number of nitrogens with one attached hydrogen (secondary N) is 3. The summed E-state index contributed by atoms with van der Waals surface area (Å²) in [6.45, 7) is 0.254. The summed E-state index contributed by atoms with van der Waals surface area (Å²) < 4.78 is 1.35. The van der Waals surface area contributed by atoms with Crippen LogP contribution in [-0.4, -0.2) is 31.8 Å². The number of nitro groups is 1. The van der Waals surface area contributed by atoms with E-state index in [1.165, 1.54) is 16.9 Å². The second kappa shape index (κ2) is 6.28. The van der Waals surface area contributed by atoms with Crippen LogP contribution in [0.3, 0.4) is 0 Å². The number of thiocarbonyl (C=S) groups is 1. The summed E-state index contributed by atoms with van der Waals surface area (Å²) in [7, 11) is 0. The number of amides is 1. The van der Waals surface area contributed by atoms with Crippen molar-refractivity contribution in [3.05, 3.63) is 22.4 Å². The molecule has 1 aromatic heterocycles. The van der Waals surface area contributed by atoms with E-state index in [4.69, 9.17) is 12.2 Å². The Morgan fingerprint density at radius 1 is 1.55 bits per heavy atom. The van der Waals surface area contributed by atoms with Crippen molar-refractivity contribution in [3.63, 3.8) is 0 Å². The van der Waals surface area contributed by atoms with Crippen molar-refractivity contribution in [2.75, 3.05) is 0 Å². The molecule has 3 N–H and O–H groups in total. The standard InChI is InChI=1S/C10H14N6O3S/c17-9(12-13-10(20)11-7-1-2-7)4-6-15-5-3-8(14-15)16(18)19/h3,5,7H,1-2,4,6H2,(H,12,17)(H2,11,13,20). The lowest BCUT2D eigenvalue weighted by Crippen LogP contribution is -2.47. The highest BCUT2D eigenvalue weighted by molar-refractivity contribution is 7.80. The first kappa shape index (κ1) is 14.2. The van der Waals surface area contributed by atoms with Crippen LogP contribution in [0.1, 0.15) is 19.3 Å². The third-order valence-electron chi connectivity index (χ3n) is 2.61. The smallest absolute Gasteiger partial charge is 0.359 e. The highest BCUT2D eigenvalue weighted by atomic mass is 32.1. The van der Waals surface area contributed by atoms with Crippen molar-refractivity contribution in [1.82, 2.24) is 25.9 Å². The average Bonchev–Trinajstić information content (AvgIpc) is 3.07. The summed E-state index contributed by atoms with van der Waals surface area (Å²) in [6.07, 6.45) is 3.78. The zero-order chi connectivity index (χ0) is 14.5. The number of rotatable bonds is 5. The summed E-state index contributed by atoms with van der Waals surface area (Å²) in [4.78, 5) is 21.4. The lowest BCUT2D eigenvalue weighted by atomic mass is 10.4. The van der Waals surface area contributed by atoms with Gasteiger partial charge in [0.05, 0.1) is 23.9 Å². The van der Waals surface area contributed by atoms with Crippen molar-refractivity contribution in [1.29, 1.82) is 0 Å². The van der Waals surface area contributed by atoms with Gasteiger partial charge in [-0.25, -0.2) is 0 Å². The van der Waals surface area contributed by atoms with E-state index in [0.717, 1.165) is 12.8 Å². The van der Waals surface area contributed by atoms with Gasteiger partial charge in [-0.2, -0.15) is 4.68 Å². The Morgan fingerprint density at radius 3 is 2.90 bits per heavy atom. The molecule has 0 radical (unpaired) electrons. The van der Waals surface area contributed by atoms with Crippen LogP contribution in [0, 0.1) is 10.1 Å². The number of aromatic nitrogens is 2. The van der Waals surface area contributed by atoms with Gasteiger partial charge in [0, 0.05) is 12.5 Å². The number of nitrogens with zero attached hydrogens (tertiary/aromatic N) is 3. The Morgan fingerprint density at radius 2 is 2.30 bits per heavy atom. The molecule has 10 heteroatoms. The molecule has 1 saturated carbocycles. The number of aryl methyl sites for hydroxylation is 1. The van der Waals surface area contributed by atoms with Crippen molar-refractivity contribution in [2.45, 2.75) is 31.8 Å². The predicted octanol–water partition coefficient (Wildman–Crippen LogP) is -0.161. The van der Waals surface area contributed by atoms with E-state index in [0.29, 0.717) is 11.2 Å². The summed E-state index contributed by atoms with van der Waals surface area (Å²) in [5.74, 6) is -0.513. The van der Waals surface area contributed by atoms with Gasteiger partial charge >= 0.3 is 5.82 Å². The van der Waals surface area contributed by atoms with Crippen LogP contribution in [-0.2, 0) is 11.3 Å². The highest BCUT2D eigenvalue weighted by Crippen LogP contribution is 2.18. The molecule has 0 atom stereocenters. The van der Waals surface area contributed by atoms with Crippen molar-refractivity contribution < 1.29 is 9.72 Å². The van der Waals surface area contributed by atoms with E-state index in [-0.39, 0.29) is 24.7 Å². The number of hydrogen-bond acceptors (Lipinski definition) is 5. The minimum Gasteiger partial charge on any atom is -0.359 e. The molecule has 1 aliphatic carbocycles. The van der Waals surface area contributed by atoms with Crippen LogP contribution >= 0.6 is 12.2 Å². The molecule has 0 aromatic carbocycles. The van der Waals surface area contributed by atoms with E-state index in [9.17, 15) is 14.9 Å². The predicted molar refractivity (Wildman–Crippen MR) is 73.5 cm³/mol. The van der Waals surface area contributed by atoms with E-state index in [1.54, 1.807) is 0 Å². The molecule has 0 bridgehead atoms. The molecule has 2 rings (SSSR count). The normalized spacial score (nSPS) is 13.6. The summed E-state index contributed by atoms with van der Waals surface area (Å²) in [5.41, 5.74) is 5.04. The lowest BCUT2D eigenvalue weighted by molar-refractivity contribution is -0.389. The van der Waals surface area contributed by atoms with Gasteiger partial charge in [-0.05, 0) is 30.0 Å². The fourth-order valence-corrected chi connectivity index (χ4v) is 1.64. The van der Waals surface area contributed by atoms with Crippen molar-refractivity contribution in [3.8, 4) is 0 Å². The highest BCUT2D eigenvalue weighted by Gasteiger charge is 2.21. The first-order valence-electron chi connectivity index (χ1n) is 6.08. The molecular formula is C10H14N6O3S. The quantitative estimate of drug-likeness (QED) is 0.393. The van der Waals surface area contributed by atoms with Gasteiger partial charge in [-0.1, -0.05) is 0 Å². The van der Waals surface area contributed by atoms with Gasteiger partial charge in [-0.3, -0.25) is 15.6 Å². The second-order valence-electron chi connectivity index (χ2n) is 4.37. The Balaban J connectivity index is 1.65. The molecule has 108 valence electrons. The Bertz CT molecular complexity index is 527. The van der Waals surface area contributed by atoms with Gasteiger partial charge in [0.2, 0.25) is 5.91 Å². The topological polar surface area (TPSA) is 114 Å². The van der Waals surface area contributed by atoms with E-state index < -0.39 is 4.92 Å². The number of carbonyl (C=O) groups is 1. The fraction of sp³-hybridized carbons (Fsp3) is 0.500. The molecule has 0 saturated heterocycles. The van der Waals surface area contributed by atoms with Crippen LogP contribution in [0.15, 0.2) is 12.3 Å². The Kier molecular flexibility index (Phi) is 4.45. The molecule has 9 nitrogen and oxygen atoms in total. The molecule has 0 unspecified atom stereocenters. The monoisotopic (exact) mass is 298 g/mol. The van der Waals surface area contributed by atoms with Gasteiger partial charge < -0.3 is 15.4 Å². The maximum Gasteiger partial charge on any atom is 0.389 e. The molecule has 1 aromatic rings. The van der Waals surface area contributed by atoms with Crippen molar-refractivity contribution in [2.24, 2.45) is 0 Å². The van der Waals surface area contributed by atoms with Gasteiger partial charge in [0.1, 0.15) is 0 Å². The van der Waals surface area contributed by atoms with E-state index in [1.807, 2.05) is 0 Å². The van der Waals surface area contributed by atoms with Gasteiger partial charge in [-0.15, -0.1) is 0 Å². The van der Waals surface area contributed by atoms with Crippen LogP contribution in [0.5, 0.6) is 0 Å². The number of carbonyl (C=O) groups excluding carboxylic acids is 1. The minimum absolute atomic E-state index is 0.137. The third kappa shape index (κ3) is 4.46. The maximum atomic E-state index is 11.5. The summed E-state index contributed by atoms with van der Waals surface area (Å²) in [6, 6.07) is 1.70. The summed E-state index contributed by atoms with van der Waals surface area (Å²) in [5, 5.41) is 17.5. The van der Waals surface area contributed by atoms with Gasteiger partial charge in [0.25, 0.3) is 0 Å². The van der Waals surface area contributed by atoms with Crippen LogP contribution in [0.25, 0.3) is 0 Å². The molecular weight excluding hydrogens is 284 g/mol. The van der Waals surface area contributed by atoms with Crippen molar-refractivity contribution >= 4 is 29.1 Å². The first-order chi connectivity index (χ1) is 9.54.